The maximum atomic E-state index is 8.66. The molecule has 0 radical (unpaired) electrons. The summed E-state index contributed by atoms with van der Waals surface area (Å²) in [4.78, 5) is 4.24. The molecule has 2 rings (SSSR count). The number of hydrogen-bond acceptors (Lipinski definition) is 2. The molecule has 0 amide bonds. The SMILES string of the molecule is CC(C)c1ccc(C(C)C)c(-c2ccc(OO)cc2)c1. The van der Waals surface area contributed by atoms with Crippen molar-refractivity contribution in [2.24, 2.45) is 0 Å². The van der Waals surface area contributed by atoms with Gasteiger partial charge in [-0.15, -0.1) is 0 Å². The first-order valence-electron chi connectivity index (χ1n) is 7.08. The standard InChI is InChI=1S/C18H22O2/c1-12(2)15-7-10-17(13(3)4)18(11-15)14-5-8-16(20-19)9-6-14/h5-13,19H,1-4H3. The van der Waals surface area contributed by atoms with E-state index in [4.69, 9.17) is 5.26 Å². The third-order valence-electron chi connectivity index (χ3n) is 3.64. The number of rotatable bonds is 4. The minimum Gasteiger partial charge on any atom is -0.340 e. The number of hydrogen-bond donors (Lipinski definition) is 1. The van der Waals surface area contributed by atoms with E-state index >= 15 is 0 Å². The predicted octanol–water partition coefficient (Wildman–Crippen LogP) is 5.45. The topological polar surface area (TPSA) is 29.5 Å². The molecular formula is C18H22O2. The van der Waals surface area contributed by atoms with Crippen LogP contribution in [0.2, 0.25) is 0 Å². The van der Waals surface area contributed by atoms with Crippen molar-refractivity contribution in [1.82, 2.24) is 0 Å². The molecule has 0 unspecified atom stereocenters. The maximum Gasteiger partial charge on any atom is 0.165 e. The molecule has 0 spiro atoms. The summed E-state index contributed by atoms with van der Waals surface area (Å²) in [6.45, 7) is 8.83. The van der Waals surface area contributed by atoms with E-state index in [0.717, 1.165) is 5.56 Å². The van der Waals surface area contributed by atoms with Crippen molar-refractivity contribution < 1.29 is 10.1 Å². The second-order valence-electron chi connectivity index (χ2n) is 5.77. The highest BCUT2D eigenvalue weighted by atomic mass is 17.1. The van der Waals surface area contributed by atoms with Gasteiger partial charge in [-0.2, -0.15) is 0 Å². The van der Waals surface area contributed by atoms with Gasteiger partial charge in [-0.25, -0.2) is 5.26 Å². The van der Waals surface area contributed by atoms with Gasteiger partial charge in [0.25, 0.3) is 0 Å². The molecule has 0 aliphatic carbocycles. The van der Waals surface area contributed by atoms with Crippen molar-refractivity contribution in [2.45, 2.75) is 39.5 Å². The first-order chi connectivity index (χ1) is 9.52. The summed E-state index contributed by atoms with van der Waals surface area (Å²) in [6.07, 6.45) is 0. The van der Waals surface area contributed by atoms with E-state index in [1.54, 1.807) is 12.1 Å². The van der Waals surface area contributed by atoms with Gasteiger partial charge in [0.2, 0.25) is 0 Å². The van der Waals surface area contributed by atoms with Crippen molar-refractivity contribution in [3.05, 3.63) is 53.6 Å². The predicted molar refractivity (Wildman–Crippen MR) is 83.3 cm³/mol. The third-order valence-corrected chi connectivity index (χ3v) is 3.64. The fourth-order valence-corrected chi connectivity index (χ4v) is 2.38. The zero-order valence-corrected chi connectivity index (χ0v) is 12.6. The molecule has 2 heteroatoms. The lowest BCUT2D eigenvalue weighted by Gasteiger charge is -2.16. The summed E-state index contributed by atoms with van der Waals surface area (Å²) in [7, 11) is 0. The smallest absolute Gasteiger partial charge is 0.165 e. The van der Waals surface area contributed by atoms with Gasteiger partial charge in [-0.05, 0) is 46.2 Å². The Morgan fingerprint density at radius 2 is 1.50 bits per heavy atom. The van der Waals surface area contributed by atoms with Gasteiger partial charge in [0.05, 0.1) is 0 Å². The lowest BCUT2D eigenvalue weighted by Crippen LogP contribution is -1.96. The Balaban J connectivity index is 2.53. The van der Waals surface area contributed by atoms with Gasteiger partial charge in [-0.1, -0.05) is 58.0 Å². The van der Waals surface area contributed by atoms with Crippen molar-refractivity contribution >= 4 is 0 Å². The lowest BCUT2D eigenvalue weighted by molar-refractivity contribution is -0.137. The van der Waals surface area contributed by atoms with E-state index in [9.17, 15) is 0 Å². The molecule has 0 saturated carbocycles. The summed E-state index contributed by atoms with van der Waals surface area (Å²) >= 11 is 0. The summed E-state index contributed by atoms with van der Waals surface area (Å²) in [6, 6.07) is 14.2. The lowest BCUT2D eigenvalue weighted by atomic mass is 9.89. The monoisotopic (exact) mass is 270 g/mol. The van der Waals surface area contributed by atoms with E-state index in [0.29, 0.717) is 17.6 Å². The van der Waals surface area contributed by atoms with E-state index in [1.807, 2.05) is 12.1 Å². The summed E-state index contributed by atoms with van der Waals surface area (Å²) < 4.78 is 0. The molecule has 0 bridgehead atoms. The molecule has 0 aliphatic heterocycles. The van der Waals surface area contributed by atoms with E-state index in [2.05, 4.69) is 50.8 Å². The van der Waals surface area contributed by atoms with Crippen molar-refractivity contribution in [3.63, 3.8) is 0 Å². The zero-order chi connectivity index (χ0) is 14.7. The van der Waals surface area contributed by atoms with Gasteiger partial charge in [0.15, 0.2) is 5.75 Å². The van der Waals surface area contributed by atoms with E-state index < -0.39 is 0 Å². The van der Waals surface area contributed by atoms with Crippen LogP contribution in [0.5, 0.6) is 5.75 Å². The first kappa shape index (κ1) is 14.6. The fourth-order valence-electron chi connectivity index (χ4n) is 2.38. The van der Waals surface area contributed by atoms with Crippen molar-refractivity contribution in [1.29, 1.82) is 0 Å². The maximum absolute atomic E-state index is 8.66. The van der Waals surface area contributed by atoms with E-state index in [-0.39, 0.29) is 0 Å². The van der Waals surface area contributed by atoms with Crippen molar-refractivity contribution in [3.8, 4) is 16.9 Å². The second kappa shape index (κ2) is 6.10. The van der Waals surface area contributed by atoms with Crippen LogP contribution in [-0.2, 0) is 0 Å². The molecule has 0 aromatic heterocycles. The van der Waals surface area contributed by atoms with Crippen LogP contribution in [0.3, 0.4) is 0 Å². The highest BCUT2D eigenvalue weighted by Gasteiger charge is 2.11. The Kier molecular flexibility index (Phi) is 4.46. The summed E-state index contributed by atoms with van der Waals surface area (Å²) in [5.74, 6) is 1.44. The summed E-state index contributed by atoms with van der Waals surface area (Å²) in [5.41, 5.74) is 5.09. The number of benzene rings is 2. The van der Waals surface area contributed by atoms with Gasteiger partial charge in [0, 0.05) is 0 Å². The van der Waals surface area contributed by atoms with E-state index in [1.165, 1.54) is 16.7 Å². The molecule has 106 valence electrons. The molecule has 0 fully saturated rings. The first-order valence-corrected chi connectivity index (χ1v) is 7.08. The minimum atomic E-state index is 0.458. The molecule has 2 aromatic carbocycles. The normalized spacial score (nSPS) is 11.2. The van der Waals surface area contributed by atoms with Crippen LogP contribution < -0.4 is 4.89 Å². The Morgan fingerprint density at radius 3 is 2.00 bits per heavy atom. The van der Waals surface area contributed by atoms with Crippen molar-refractivity contribution in [2.75, 3.05) is 0 Å². The highest BCUT2D eigenvalue weighted by molar-refractivity contribution is 5.69. The van der Waals surface area contributed by atoms with Gasteiger partial charge in [-0.3, -0.25) is 0 Å². The Bertz CT molecular complexity index is 568. The minimum absolute atomic E-state index is 0.458. The van der Waals surface area contributed by atoms with Crippen LogP contribution in [0, 0.1) is 0 Å². The molecule has 2 aromatic rings. The van der Waals surface area contributed by atoms with Gasteiger partial charge in [0.1, 0.15) is 0 Å². The molecule has 0 heterocycles. The molecule has 2 nitrogen and oxygen atoms in total. The fraction of sp³-hybridized carbons (Fsp3) is 0.333. The molecule has 1 N–H and O–H groups in total. The van der Waals surface area contributed by atoms with Crippen LogP contribution in [0.1, 0.15) is 50.7 Å². The van der Waals surface area contributed by atoms with Crippen LogP contribution in [-0.4, -0.2) is 5.26 Å². The average molecular weight is 270 g/mol. The Morgan fingerprint density at radius 1 is 0.850 bits per heavy atom. The summed E-state index contributed by atoms with van der Waals surface area (Å²) in [5, 5.41) is 8.66. The molecule has 20 heavy (non-hydrogen) atoms. The zero-order valence-electron chi connectivity index (χ0n) is 12.6. The molecular weight excluding hydrogens is 248 g/mol. The molecule has 0 aliphatic rings. The van der Waals surface area contributed by atoms with Crippen LogP contribution >= 0.6 is 0 Å². The molecule has 0 saturated heterocycles. The largest absolute Gasteiger partial charge is 0.340 e. The quantitative estimate of drug-likeness (QED) is 0.591. The highest BCUT2D eigenvalue weighted by Crippen LogP contribution is 2.33. The van der Waals surface area contributed by atoms with Gasteiger partial charge < -0.3 is 4.89 Å². The van der Waals surface area contributed by atoms with Crippen LogP contribution in [0.15, 0.2) is 42.5 Å². The average Bonchev–Trinajstić information content (AvgIpc) is 2.46. The Hall–Kier alpha value is -1.80. The van der Waals surface area contributed by atoms with Crippen LogP contribution in [0.4, 0.5) is 0 Å². The van der Waals surface area contributed by atoms with Crippen LogP contribution in [0.25, 0.3) is 11.1 Å². The third kappa shape index (κ3) is 3.02. The Labute approximate surface area is 121 Å². The second-order valence-corrected chi connectivity index (χ2v) is 5.77. The molecule has 0 atom stereocenters. The van der Waals surface area contributed by atoms with Gasteiger partial charge >= 0.3 is 0 Å².